The molecule has 0 aliphatic rings. The number of carboxylic acids is 1. The van der Waals surface area contributed by atoms with Gasteiger partial charge in [-0.1, -0.05) is 33.1 Å². The molecule has 3 N–H and O–H groups in total. The van der Waals surface area contributed by atoms with E-state index in [4.69, 9.17) is 15.6 Å². The van der Waals surface area contributed by atoms with Crippen molar-refractivity contribution in [2.75, 3.05) is 6.61 Å². The fraction of sp³-hybridized carbons (Fsp3) is 0.846. The van der Waals surface area contributed by atoms with Crippen LogP contribution in [0, 0.1) is 5.92 Å². The number of carbonyl (C=O) groups excluding carboxylic acids is 1. The molecule has 0 radical (unpaired) electrons. The normalized spacial score (nSPS) is 13.9. The van der Waals surface area contributed by atoms with Gasteiger partial charge in [-0.3, -0.25) is 9.59 Å². The molecule has 0 rings (SSSR count). The van der Waals surface area contributed by atoms with Crippen LogP contribution in [0.3, 0.4) is 0 Å². The Hall–Kier alpha value is -1.10. The molecule has 18 heavy (non-hydrogen) atoms. The number of carbonyl (C=O) groups is 2. The molecule has 0 amide bonds. The SMILES string of the molecule is CCCC(CC)CCOC(=O)[C@@H](N)CCC(=O)O. The molecule has 0 spiro atoms. The summed E-state index contributed by atoms with van der Waals surface area (Å²) in [6.07, 6.45) is 4.21. The summed E-state index contributed by atoms with van der Waals surface area (Å²) in [6.45, 7) is 4.63. The maximum absolute atomic E-state index is 11.4. The maximum atomic E-state index is 11.4. The summed E-state index contributed by atoms with van der Waals surface area (Å²) < 4.78 is 5.06. The minimum atomic E-state index is -0.952. The lowest BCUT2D eigenvalue weighted by molar-refractivity contribution is -0.146. The minimum absolute atomic E-state index is 0.107. The van der Waals surface area contributed by atoms with E-state index in [0.29, 0.717) is 12.5 Å². The van der Waals surface area contributed by atoms with Crippen LogP contribution in [-0.2, 0) is 14.3 Å². The van der Waals surface area contributed by atoms with Crippen LogP contribution in [0.15, 0.2) is 0 Å². The van der Waals surface area contributed by atoms with Crippen LogP contribution in [0.5, 0.6) is 0 Å². The van der Waals surface area contributed by atoms with Crippen LogP contribution < -0.4 is 5.73 Å². The first-order valence-corrected chi connectivity index (χ1v) is 6.65. The van der Waals surface area contributed by atoms with E-state index in [2.05, 4.69) is 13.8 Å². The molecular formula is C13H25NO4. The third kappa shape index (κ3) is 8.06. The van der Waals surface area contributed by atoms with Gasteiger partial charge in [-0.2, -0.15) is 0 Å². The first-order valence-electron chi connectivity index (χ1n) is 6.65. The highest BCUT2D eigenvalue weighted by Crippen LogP contribution is 2.15. The number of rotatable bonds is 10. The number of hydrogen-bond donors (Lipinski definition) is 2. The van der Waals surface area contributed by atoms with Crippen molar-refractivity contribution in [1.82, 2.24) is 0 Å². The zero-order chi connectivity index (χ0) is 14.0. The monoisotopic (exact) mass is 259 g/mol. The van der Waals surface area contributed by atoms with Crippen molar-refractivity contribution in [2.45, 2.75) is 58.4 Å². The number of hydrogen-bond acceptors (Lipinski definition) is 4. The first-order chi connectivity index (χ1) is 8.51. The number of nitrogens with two attached hydrogens (primary N) is 1. The van der Waals surface area contributed by atoms with Gasteiger partial charge in [-0.05, 0) is 18.8 Å². The van der Waals surface area contributed by atoms with E-state index in [1.165, 1.54) is 0 Å². The summed E-state index contributed by atoms with van der Waals surface area (Å²) >= 11 is 0. The van der Waals surface area contributed by atoms with E-state index in [1.54, 1.807) is 0 Å². The van der Waals surface area contributed by atoms with Crippen molar-refractivity contribution in [2.24, 2.45) is 11.7 Å². The second kappa shape index (κ2) is 9.88. The molecule has 0 saturated carbocycles. The molecule has 0 aromatic rings. The Morgan fingerprint density at radius 1 is 1.22 bits per heavy atom. The molecule has 0 saturated heterocycles. The number of ether oxygens (including phenoxy) is 1. The van der Waals surface area contributed by atoms with Gasteiger partial charge in [0, 0.05) is 6.42 Å². The van der Waals surface area contributed by atoms with Gasteiger partial charge >= 0.3 is 11.9 Å². The Labute approximate surface area is 109 Å². The van der Waals surface area contributed by atoms with Crippen molar-refractivity contribution in [3.05, 3.63) is 0 Å². The van der Waals surface area contributed by atoms with Crippen LogP contribution in [0.25, 0.3) is 0 Å². The Morgan fingerprint density at radius 3 is 2.39 bits per heavy atom. The molecule has 0 aliphatic heterocycles. The van der Waals surface area contributed by atoms with Crippen molar-refractivity contribution >= 4 is 11.9 Å². The second-order valence-electron chi connectivity index (χ2n) is 4.56. The lowest BCUT2D eigenvalue weighted by Gasteiger charge is -2.15. The third-order valence-corrected chi connectivity index (χ3v) is 3.02. The first kappa shape index (κ1) is 16.9. The Kier molecular flexibility index (Phi) is 9.28. The predicted octanol–water partition coefficient (Wildman–Crippen LogP) is 1.94. The molecule has 0 fully saturated rings. The zero-order valence-corrected chi connectivity index (χ0v) is 11.4. The van der Waals surface area contributed by atoms with E-state index in [-0.39, 0.29) is 12.8 Å². The van der Waals surface area contributed by atoms with Crippen LogP contribution >= 0.6 is 0 Å². The fourth-order valence-corrected chi connectivity index (χ4v) is 1.79. The summed E-state index contributed by atoms with van der Waals surface area (Å²) in [6, 6.07) is -0.827. The lowest BCUT2D eigenvalue weighted by Crippen LogP contribution is -2.33. The van der Waals surface area contributed by atoms with E-state index < -0.39 is 18.0 Å². The van der Waals surface area contributed by atoms with Gasteiger partial charge in [-0.15, -0.1) is 0 Å². The van der Waals surface area contributed by atoms with Gasteiger partial charge in [0.1, 0.15) is 6.04 Å². The van der Waals surface area contributed by atoms with E-state index in [0.717, 1.165) is 25.7 Å². The van der Waals surface area contributed by atoms with Crippen molar-refractivity contribution in [3.63, 3.8) is 0 Å². The number of carboxylic acid groups (broad SMARTS) is 1. The molecule has 106 valence electrons. The highest BCUT2D eigenvalue weighted by molar-refractivity contribution is 5.76. The second-order valence-corrected chi connectivity index (χ2v) is 4.56. The van der Waals surface area contributed by atoms with E-state index in [1.807, 2.05) is 0 Å². The standard InChI is InChI=1S/C13H25NO4/c1-3-5-10(4-2)8-9-18-13(17)11(14)6-7-12(15)16/h10-11H,3-9,14H2,1-2H3,(H,15,16)/t10?,11-/m0/s1. The van der Waals surface area contributed by atoms with Crippen LogP contribution in [0.2, 0.25) is 0 Å². The lowest BCUT2D eigenvalue weighted by atomic mass is 9.98. The van der Waals surface area contributed by atoms with E-state index >= 15 is 0 Å². The molecule has 1 unspecified atom stereocenters. The zero-order valence-electron chi connectivity index (χ0n) is 11.4. The summed E-state index contributed by atoms with van der Waals surface area (Å²) in [5.74, 6) is -0.868. The third-order valence-electron chi connectivity index (χ3n) is 3.02. The average Bonchev–Trinajstić information content (AvgIpc) is 2.34. The molecule has 5 heteroatoms. The Balaban J connectivity index is 3.77. The van der Waals surface area contributed by atoms with Gasteiger partial charge < -0.3 is 15.6 Å². The van der Waals surface area contributed by atoms with Gasteiger partial charge in [0.05, 0.1) is 6.61 Å². The Morgan fingerprint density at radius 2 is 1.89 bits per heavy atom. The number of aliphatic carboxylic acids is 1. The molecule has 5 nitrogen and oxygen atoms in total. The topological polar surface area (TPSA) is 89.6 Å². The smallest absolute Gasteiger partial charge is 0.322 e. The van der Waals surface area contributed by atoms with Crippen molar-refractivity contribution in [3.8, 4) is 0 Å². The fourth-order valence-electron chi connectivity index (χ4n) is 1.79. The quantitative estimate of drug-likeness (QED) is 0.585. The molecule has 0 bridgehead atoms. The molecule has 0 aromatic carbocycles. The molecule has 0 aromatic heterocycles. The number of esters is 1. The summed E-state index contributed by atoms with van der Waals surface area (Å²) in [7, 11) is 0. The summed E-state index contributed by atoms with van der Waals surface area (Å²) in [5, 5.41) is 8.48. The Bertz CT molecular complexity index is 255. The maximum Gasteiger partial charge on any atom is 0.322 e. The average molecular weight is 259 g/mol. The highest BCUT2D eigenvalue weighted by Gasteiger charge is 2.16. The largest absolute Gasteiger partial charge is 0.481 e. The summed E-state index contributed by atoms with van der Waals surface area (Å²) in [5.41, 5.74) is 5.54. The van der Waals surface area contributed by atoms with Gasteiger partial charge in [0.15, 0.2) is 0 Å². The molecule has 0 heterocycles. The van der Waals surface area contributed by atoms with Crippen LogP contribution in [0.1, 0.15) is 52.4 Å². The van der Waals surface area contributed by atoms with Gasteiger partial charge in [-0.25, -0.2) is 0 Å². The highest BCUT2D eigenvalue weighted by atomic mass is 16.5. The van der Waals surface area contributed by atoms with E-state index in [9.17, 15) is 9.59 Å². The van der Waals surface area contributed by atoms with Crippen LogP contribution in [0.4, 0.5) is 0 Å². The molecule has 2 atom stereocenters. The van der Waals surface area contributed by atoms with Crippen LogP contribution in [-0.4, -0.2) is 29.7 Å². The van der Waals surface area contributed by atoms with Crippen molar-refractivity contribution in [1.29, 1.82) is 0 Å². The molecular weight excluding hydrogens is 234 g/mol. The van der Waals surface area contributed by atoms with Gasteiger partial charge in [0.2, 0.25) is 0 Å². The predicted molar refractivity (Wildman–Crippen MR) is 69.1 cm³/mol. The summed E-state index contributed by atoms with van der Waals surface area (Å²) in [4.78, 5) is 21.8. The molecule has 0 aliphatic carbocycles. The van der Waals surface area contributed by atoms with Gasteiger partial charge in [0.25, 0.3) is 0 Å². The van der Waals surface area contributed by atoms with Crippen molar-refractivity contribution < 1.29 is 19.4 Å². The minimum Gasteiger partial charge on any atom is -0.481 e.